The molecule has 0 saturated heterocycles. The first-order chi connectivity index (χ1) is 14.6. The van der Waals surface area contributed by atoms with Crippen molar-refractivity contribution in [3.63, 3.8) is 0 Å². The molecule has 5 atom stereocenters. The fourth-order valence-corrected chi connectivity index (χ4v) is 6.95. The summed E-state index contributed by atoms with van der Waals surface area (Å²) in [5.41, 5.74) is 5.88. The lowest BCUT2D eigenvalue weighted by Crippen LogP contribution is -2.43. The molecule has 2 aromatic carbocycles. The number of hydrogen-bond acceptors (Lipinski definition) is 2. The third-order valence-corrected chi connectivity index (χ3v) is 8.61. The van der Waals surface area contributed by atoms with Crippen molar-refractivity contribution in [1.29, 1.82) is 0 Å². The molecule has 0 aromatic heterocycles. The Balaban J connectivity index is 1.43. The van der Waals surface area contributed by atoms with E-state index in [1.54, 1.807) is 5.56 Å². The topological polar surface area (TPSA) is 29.5 Å². The molecule has 2 saturated carbocycles. The molecule has 160 valence electrons. The van der Waals surface area contributed by atoms with Crippen LogP contribution >= 0.6 is 0 Å². The van der Waals surface area contributed by atoms with Gasteiger partial charge in [0, 0.05) is 0 Å². The first-order valence-corrected chi connectivity index (χ1v) is 12.1. The number of aryl methyl sites for hydroxylation is 2. The highest BCUT2D eigenvalue weighted by molar-refractivity contribution is 5.46. The van der Waals surface area contributed by atoms with Crippen molar-refractivity contribution in [3.8, 4) is 5.75 Å². The summed E-state index contributed by atoms with van der Waals surface area (Å²) in [5, 5.41) is 10.7. The van der Waals surface area contributed by atoms with E-state index >= 15 is 0 Å². The minimum atomic E-state index is -0.0886. The second-order valence-electron chi connectivity index (χ2n) is 10.2. The largest absolute Gasteiger partial charge is 0.489 e. The molecule has 3 aliphatic rings. The molecule has 1 N–H and O–H groups in total. The number of benzene rings is 2. The van der Waals surface area contributed by atoms with Crippen molar-refractivity contribution in [1.82, 2.24) is 0 Å². The van der Waals surface area contributed by atoms with Crippen LogP contribution < -0.4 is 4.74 Å². The summed E-state index contributed by atoms with van der Waals surface area (Å²) in [4.78, 5) is 0. The Morgan fingerprint density at radius 3 is 2.70 bits per heavy atom. The van der Waals surface area contributed by atoms with Crippen molar-refractivity contribution >= 4 is 0 Å². The lowest BCUT2D eigenvalue weighted by atomic mass is 9.55. The molecule has 2 nitrogen and oxygen atoms in total. The Morgan fingerprint density at radius 2 is 1.90 bits per heavy atom. The molecule has 5 rings (SSSR count). The Kier molecular flexibility index (Phi) is 5.39. The van der Waals surface area contributed by atoms with Crippen LogP contribution in [-0.2, 0) is 19.4 Å². The molecule has 0 bridgehead atoms. The highest BCUT2D eigenvalue weighted by atomic mass is 16.5. The highest BCUT2D eigenvalue weighted by Crippen LogP contribution is 2.61. The molecule has 0 radical (unpaired) electrons. The Bertz CT molecular complexity index is 889. The fourth-order valence-electron chi connectivity index (χ4n) is 6.95. The van der Waals surface area contributed by atoms with Crippen LogP contribution in [0.15, 0.2) is 42.5 Å². The van der Waals surface area contributed by atoms with Crippen LogP contribution in [0.1, 0.15) is 80.5 Å². The van der Waals surface area contributed by atoms with Gasteiger partial charge in [0.1, 0.15) is 12.4 Å². The molecule has 3 aliphatic carbocycles. The molecule has 0 heterocycles. The number of aliphatic hydroxyl groups is 1. The van der Waals surface area contributed by atoms with Crippen LogP contribution in [0, 0.1) is 17.3 Å². The quantitative estimate of drug-likeness (QED) is 0.622. The number of fused-ring (bicyclic) bond motifs is 5. The van der Waals surface area contributed by atoms with E-state index in [4.69, 9.17) is 4.74 Å². The second-order valence-corrected chi connectivity index (χ2v) is 10.2. The average Bonchev–Trinajstić information content (AvgIpc) is 3.07. The smallest absolute Gasteiger partial charge is 0.123 e. The van der Waals surface area contributed by atoms with E-state index in [0.29, 0.717) is 18.4 Å². The minimum absolute atomic E-state index is 0.0886. The Hall–Kier alpha value is -1.80. The SMILES string of the molecule is CCCc1cc2c(cc1OCc1ccccc1)CC[C@@H]1[C@@H]2CC[C@]2(C)[C@@H](O)CC[C@@H]12. The van der Waals surface area contributed by atoms with Gasteiger partial charge in [0.15, 0.2) is 0 Å². The fraction of sp³-hybridized carbons (Fsp3) is 0.571. The maximum absolute atomic E-state index is 10.7. The number of ether oxygens (including phenoxy) is 1. The van der Waals surface area contributed by atoms with E-state index in [1.807, 2.05) is 0 Å². The van der Waals surface area contributed by atoms with E-state index < -0.39 is 0 Å². The predicted molar refractivity (Wildman–Crippen MR) is 122 cm³/mol. The number of aliphatic hydroxyl groups excluding tert-OH is 1. The van der Waals surface area contributed by atoms with E-state index in [9.17, 15) is 5.11 Å². The molecule has 2 aromatic rings. The zero-order chi connectivity index (χ0) is 20.7. The standard InChI is InChI=1S/C28H36O2/c1-3-7-21-16-24-20(17-26(21)30-18-19-8-5-4-6-9-19)10-11-23-22(24)14-15-28(2)25(23)12-13-27(28)29/h4-6,8-9,16-17,22-23,25,27,29H,3,7,10-15,18H2,1-2H3/t22-,23+,25-,27-,28-/m0/s1. The van der Waals surface area contributed by atoms with Gasteiger partial charge in [0.25, 0.3) is 0 Å². The van der Waals surface area contributed by atoms with E-state index in [2.05, 4.69) is 56.3 Å². The molecule has 2 fully saturated rings. The van der Waals surface area contributed by atoms with Crippen LogP contribution in [0.3, 0.4) is 0 Å². The normalized spacial score (nSPS) is 32.2. The van der Waals surface area contributed by atoms with Gasteiger partial charge in [-0.2, -0.15) is 0 Å². The van der Waals surface area contributed by atoms with Gasteiger partial charge < -0.3 is 9.84 Å². The van der Waals surface area contributed by atoms with Crippen LogP contribution in [-0.4, -0.2) is 11.2 Å². The second kappa shape index (κ2) is 8.04. The summed E-state index contributed by atoms with van der Waals surface area (Å²) in [6.07, 6.45) is 9.19. The van der Waals surface area contributed by atoms with E-state index in [0.717, 1.165) is 37.4 Å². The molecular formula is C28H36O2. The Labute approximate surface area is 181 Å². The van der Waals surface area contributed by atoms with Crippen LogP contribution in [0.2, 0.25) is 0 Å². The van der Waals surface area contributed by atoms with Crippen molar-refractivity contribution < 1.29 is 9.84 Å². The van der Waals surface area contributed by atoms with Crippen molar-refractivity contribution in [2.24, 2.45) is 17.3 Å². The van der Waals surface area contributed by atoms with Gasteiger partial charge in [-0.1, -0.05) is 56.7 Å². The van der Waals surface area contributed by atoms with Gasteiger partial charge in [-0.25, -0.2) is 0 Å². The van der Waals surface area contributed by atoms with Crippen LogP contribution in [0.4, 0.5) is 0 Å². The predicted octanol–water partition coefficient (Wildman–Crippen LogP) is 6.44. The van der Waals surface area contributed by atoms with E-state index in [1.165, 1.54) is 42.4 Å². The van der Waals surface area contributed by atoms with Gasteiger partial charge in [-0.05, 0) is 96.4 Å². The molecule has 0 amide bonds. The first-order valence-electron chi connectivity index (χ1n) is 12.1. The lowest BCUT2D eigenvalue weighted by molar-refractivity contribution is -0.0226. The molecule has 0 spiro atoms. The summed E-state index contributed by atoms with van der Waals surface area (Å²) in [6.45, 7) is 5.26. The zero-order valence-corrected chi connectivity index (χ0v) is 18.6. The number of rotatable bonds is 5. The monoisotopic (exact) mass is 404 g/mol. The third kappa shape index (κ3) is 3.38. The average molecular weight is 405 g/mol. The maximum Gasteiger partial charge on any atom is 0.123 e. The first kappa shape index (κ1) is 20.1. The van der Waals surface area contributed by atoms with Crippen molar-refractivity contribution in [2.45, 2.75) is 83.8 Å². The van der Waals surface area contributed by atoms with Gasteiger partial charge in [0.2, 0.25) is 0 Å². The number of hydrogen-bond donors (Lipinski definition) is 1. The maximum atomic E-state index is 10.7. The molecule has 30 heavy (non-hydrogen) atoms. The van der Waals surface area contributed by atoms with Crippen LogP contribution in [0.5, 0.6) is 5.75 Å². The molecular weight excluding hydrogens is 368 g/mol. The van der Waals surface area contributed by atoms with Gasteiger partial charge >= 0.3 is 0 Å². The summed E-state index contributed by atoms with van der Waals surface area (Å²) < 4.78 is 6.34. The Morgan fingerprint density at radius 1 is 1.07 bits per heavy atom. The molecule has 2 heteroatoms. The van der Waals surface area contributed by atoms with Gasteiger partial charge in [-0.3, -0.25) is 0 Å². The van der Waals surface area contributed by atoms with E-state index in [-0.39, 0.29) is 11.5 Å². The lowest BCUT2D eigenvalue weighted by Gasteiger charge is -2.50. The molecule has 0 aliphatic heterocycles. The summed E-state index contributed by atoms with van der Waals surface area (Å²) in [5.74, 6) is 3.22. The van der Waals surface area contributed by atoms with Gasteiger partial charge in [-0.15, -0.1) is 0 Å². The van der Waals surface area contributed by atoms with Crippen molar-refractivity contribution in [2.75, 3.05) is 0 Å². The zero-order valence-electron chi connectivity index (χ0n) is 18.6. The summed E-state index contributed by atoms with van der Waals surface area (Å²) in [7, 11) is 0. The van der Waals surface area contributed by atoms with Crippen LogP contribution in [0.25, 0.3) is 0 Å². The summed E-state index contributed by atoms with van der Waals surface area (Å²) >= 11 is 0. The highest BCUT2D eigenvalue weighted by Gasteiger charge is 2.54. The molecule has 0 unspecified atom stereocenters. The van der Waals surface area contributed by atoms with Gasteiger partial charge in [0.05, 0.1) is 6.10 Å². The summed E-state index contributed by atoms with van der Waals surface area (Å²) in [6, 6.07) is 15.4. The minimum Gasteiger partial charge on any atom is -0.489 e. The third-order valence-electron chi connectivity index (χ3n) is 8.61. The van der Waals surface area contributed by atoms with Crippen molar-refractivity contribution in [3.05, 3.63) is 64.7 Å².